The van der Waals surface area contributed by atoms with Gasteiger partial charge in [-0.2, -0.15) is 0 Å². The predicted octanol–water partition coefficient (Wildman–Crippen LogP) is 8.00. The summed E-state index contributed by atoms with van der Waals surface area (Å²) in [6.07, 6.45) is 2.21. The average Bonchev–Trinajstić information content (AvgIpc) is 2.88. The fraction of sp³-hybridized carbons (Fsp3) is 0.258. The van der Waals surface area contributed by atoms with E-state index in [1.807, 2.05) is 11.0 Å². The molecule has 0 saturated heterocycles. The van der Waals surface area contributed by atoms with E-state index in [4.69, 9.17) is 4.74 Å². The second kappa shape index (κ2) is 10.2. The Kier molecular flexibility index (Phi) is 6.83. The maximum absolute atomic E-state index is 14.8. The first-order chi connectivity index (χ1) is 17.8. The number of hydrogen-bond donors (Lipinski definition) is 1. The molecule has 1 unspecified atom stereocenters. The van der Waals surface area contributed by atoms with E-state index in [2.05, 4.69) is 43.3 Å². The molecule has 4 nitrogen and oxygen atoms in total. The van der Waals surface area contributed by atoms with Gasteiger partial charge in [-0.05, 0) is 78.3 Å². The third kappa shape index (κ3) is 4.76. The van der Waals surface area contributed by atoms with Crippen molar-refractivity contribution in [1.82, 2.24) is 0 Å². The molecule has 6 heteroatoms. The highest BCUT2D eigenvalue weighted by Gasteiger charge is 2.31. The second-order valence-electron chi connectivity index (χ2n) is 9.71. The highest BCUT2D eigenvalue weighted by Crippen LogP contribution is 2.42. The molecule has 1 aliphatic heterocycles. The van der Waals surface area contributed by atoms with Gasteiger partial charge in [0.05, 0.1) is 12.2 Å². The van der Waals surface area contributed by atoms with Crippen LogP contribution < -0.4 is 9.64 Å². The number of hydrogen-bond acceptors (Lipinski definition) is 3. The molecule has 1 heterocycles. The summed E-state index contributed by atoms with van der Waals surface area (Å²) in [7, 11) is 0. The molecular weight excluding hydrogens is 472 g/mol. The third-order valence-electron chi connectivity index (χ3n) is 7.32. The molecule has 0 aromatic heterocycles. The minimum absolute atomic E-state index is 0.140. The summed E-state index contributed by atoms with van der Waals surface area (Å²) in [4.78, 5) is 13.6. The lowest BCUT2D eigenvalue weighted by Gasteiger charge is -2.37. The van der Waals surface area contributed by atoms with Gasteiger partial charge in [-0.3, -0.25) is 0 Å². The molecule has 190 valence electrons. The van der Waals surface area contributed by atoms with E-state index in [0.29, 0.717) is 35.8 Å². The molecule has 1 aliphatic rings. The summed E-state index contributed by atoms with van der Waals surface area (Å²) in [6, 6.07) is 22.1. The van der Waals surface area contributed by atoms with Crippen LogP contribution in [0.3, 0.4) is 0 Å². The maximum atomic E-state index is 14.8. The van der Waals surface area contributed by atoms with Crippen LogP contribution >= 0.6 is 0 Å². The normalized spacial score (nSPS) is 15.8. The van der Waals surface area contributed by atoms with Crippen molar-refractivity contribution in [1.29, 1.82) is 0 Å². The van der Waals surface area contributed by atoms with E-state index < -0.39 is 17.6 Å². The zero-order chi connectivity index (χ0) is 26.1. The van der Waals surface area contributed by atoms with Gasteiger partial charge in [0.15, 0.2) is 11.6 Å². The third-order valence-corrected chi connectivity index (χ3v) is 7.32. The first kappa shape index (κ1) is 24.8. The monoisotopic (exact) mass is 501 g/mol. The Hall–Kier alpha value is -3.93. The summed E-state index contributed by atoms with van der Waals surface area (Å²) >= 11 is 0. The molecule has 37 heavy (non-hydrogen) atoms. The highest BCUT2D eigenvalue weighted by atomic mass is 19.1. The van der Waals surface area contributed by atoms with Gasteiger partial charge >= 0.3 is 5.97 Å². The van der Waals surface area contributed by atoms with Crippen LogP contribution in [0.25, 0.3) is 10.8 Å². The summed E-state index contributed by atoms with van der Waals surface area (Å²) in [5, 5.41) is 12.0. The van der Waals surface area contributed by atoms with Gasteiger partial charge in [0.1, 0.15) is 17.5 Å². The number of ether oxygens (including phenoxy) is 1. The summed E-state index contributed by atoms with van der Waals surface area (Å²) in [5.41, 5.74) is 2.27. The van der Waals surface area contributed by atoms with E-state index in [0.717, 1.165) is 18.9 Å². The van der Waals surface area contributed by atoms with Crippen LogP contribution in [-0.2, 0) is 0 Å². The summed E-state index contributed by atoms with van der Waals surface area (Å²) in [6.45, 7) is 4.21. The Bertz CT molecular complexity index is 1460. The van der Waals surface area contributed by atoms with Gasteiger partial charge in [0.25, 0.3) is 0 Å². The summed E-state index contributed by atoms with van der Waals surface area (Å²) in [5.74, 6) is -2.12. The molecule has 1 N–H and O–H groups in total. The van der Waals surface area contributed by atoms with Crippen molar-refractivity contribution in [2.45, 2.75) is 45.1 Å². The van der Waals surface area contributed by atoms with Crippen molar-refractivity contribution in [2.24, 2.45) is 0 Å². The van der Waals surface area contributed by atoms with Gasteiger partial charge in [-0.1, -0.05) is 55.5 Å². The number of halogens is 2. The first-order valence-electron chi connectivity index (χ1n) is 12.6. The zero-order valence-corrected chi connectivity index (χ0v) is 20.9. The van der Waals surface area contributed by atoms with Crippen molar-refractivity contribution in [2.75, 3.05) is 11.4 Å². The lowest BCUT2D eigenvalue weighted by atomic mass is 9.90. The molecule has 4 aromatic carbocycles. The number of carboxylic acids is 1. The standard InChI is InChI=1S/C31H29F2NO3/c1-19(23-13-6-10-21-9-3-4-12-24(21)23)8-5-11-22-18-34(28-15-7-14-26(33)30(28)37-22)27-17-16-25(32)29(20(27)2)31(35)36/h3-4,6-7,9-10,12-17,19,22H,5,8,11,18H2,1-2H3,(H,35,36)/t19-,22?/m0/s1. The van der Waals surface area contributed by atoms with Crippen molar-refractivity contribution < 1.29 is 23.4 Å². The molecule has 0 spiro atoms. The minimum Gasteiger partial charge on any atom is -0.483 e. The van der Waals surface area contributed by atoms with Crippen LogP contribution in [0.15, 0.2) is 72.8 Å². The quantitative estimate of drug-likeness (QED) is 0.279. The highest BCUT2D eigenvalue weighted by molar-refractivity contribution is 5.92. The van der Waals surface area contributed by atoms with Crippen LogP contribution in [0.2, 0.25) is 0 Å². The maximum Gasteiger partial charge on any atom is 0.339 e. The van der Waals surface area contributed by atoms with Gasteiger partial charge in [0.2, 0.25) is 0 Å². The number of nitrogens with zero attached hydrogens (tertiary/aromatic N) is 1. The van der Waals surface area contributed by atoms with Gasteiger partial charge in [0, 0.05) is 5.69 Å². The van der Waals surface area contributed by atoms with E-state index in [-0.39, 0.29) is 17.4 Å². The molecule has 0 aliphatic carbocycles. The molecule has 0 bridgehead atoms. The van der Waals surface area contributed by atoms with Crippen LogP contribution in [0.4, 0.5) is 20.2 Å². The number of rotatable bonds is 7. The van der Waals surface area contributed by atoms with E-state index >= 15 is 0 Å². The van der Waals surface area contributed by atoms with Crippen LogP contribution in [0.1, 0.15) is 53.6 Å². The fourth-order valence-electron chi connectivity index (χ4n) is 5.42. The lowest BCUT2D eigenvalue weighted by Crippen LogP contribution is -2.38. The van der Waals surface area contributed by atoms with Gasteiger partial charge < -0.3 is 14.7 Å². The first-order valence-corrected chi connectivity index (χ1v) is 12.6. The molecular formula is C31H29F2NO3. The smallest absolute Gasteiger partial charge is 0.339 e. The average molecular weight is 502 g/mol. The van der Waals surface area contributed by atoms with E-state index in [1.165, 1.54) is 22.4 Å². The molecule has 0 saturated carbocycles. The number of benzene rings is 4. The van der Waals surface area contributed by atoms with Crippen LogP contribution in [0, 0.1) is 18.6 Å². The predicted molar refractivity (Wildman–Crippen MR) is 142 cm³/mol. The van der Waals surface area contributed by atoms with E-state index in [9.17, 15) is 18.7 Å². The van der Waals surface area contributed by atoms with Gasteiger partial charge in [-0.15, -0.1) is 0 Å². The molecule has 0 amide bonds. The fourth-order valence-corrected chi connectivity index (χ4v) is 5.42. The number of carboxylic acid groups (broad SMARTS) is 1. The van der Waals surface area contributed by atoms with Crippen molar-refractivity contribution in [3.8, 4) is 5.75 Å². The molecule has 0 radical (unpaired) electrons. The Morgan fingerprint density at radius 1 is 1.00 bits per heavy atom. The molecule has 5 rings (SSSR count). The number of anilines is 2. The van der Waals surface area contributed by atoms with Crippen LogP contribution in [-0.4, -0.2) is 23.7 Å². The number of aromatic carboxylic acids is 1. The van der Waals surface area contributed by atoms with Crippen molar-refractivity contribution >= 4 is 28.1 Å². The Labute approximate surface area is 215 Å². The van der Waals surface area contributed by atoms with Crippen molar-refractivity contribution in [3.05, 3.63) is 101 Å². The number of para-hydroxylation sites is 1. The SMILES string of the molecule is Cc1c(N2CC(CCC[C@H](C)c3cccc4ccccc34)Oc3c(F)cccc32)ccc(F)c1C(=O)O. The van der Waals surface area contributed by atoms with E-state index in [1.54, 1.807) is 25.1 Å². The minimum atomic E-state index is -1.33. The number of carbonyl (C=O) groups is 1. The Morgan fingerprint density at radius 2 is 1.76 bits per heavy atom. The van der Waals surface area contributed by atoms with Crippen LogP contribution in [0.5, 0.6) is 5.75 Å². The van der Waals surface area contributed by atoms with Gasteiger partial charge in [-0.25, -0.2) is 13.6 Å². The largest absolute Gasteiger partial charge is 0.483 e. The number of fused-ring (bicyclic) bond motifs is 2. The molecule has 0 fully saturated rings. The topological polar surface area (TPSA) is 49.8 Å². The Morgan fingerprint density at radius 3 is 2.57 bits per heavy atom. The Balaban J connectivity index is 1.37. The second-order valence-corrected chi connectivity index (χ2v) is 9.71. The van der Waals surface area contributed by atoms with Crippen molar-refractivity contribution in [3.63, 3.8) is 0 Å². The zero-order valence-electron chi connectivity index (χ0n) is 20.9. The molecule has 2 atom stereocenters. The summed E-state index contributed by atoms with van der Waals surface area (Å²) < 4.78 is 35.2. The molecule has 4 aromatic rings. The lowest BCUT2D eigenvalue weighted by molar-refractivity contribution is 0.0691.